The number of aryl methyl sites for hydroxylation is 1. The number of carboxylic acid groups (broad SMARTS) is 1. The fourth-order valence-corrected chi connectivity index (χ4v) is 2.90. The van der Waals surface area contributed by atoms with Gasteiger partial charge in [0.25, 0.3) is 5.91 Å². The standard InChI is InChI=1S/C15H20N2O4/c1-4-10-11(9(3)18)8(2)16-12(10)13(19)17-15(14(20)21)6-5-7-15/h16H,4-7H2,1-3H3,(H,17,19)(H,20,21). The van der Waals surface area contributed by atoms with E-state index in [0.29, 0.717) is 41.8 Å². The highest BCUT2D eigenvalue weighted by molar-refractivity contribution is 6.04. The Hall–Kier alpha value is -2.11. The molecule has 1 heterocycles. The topological polar surface area (TPSA) is 99.3 Å². The molecule has 114 valence electrons. The molecule has 0 bridgehead atoms. The highest BCUT2D eigenvalue weighted by Crippen LogP contribution is 2.32. The summed E-state index contributed by atoms with van der Waals surface area (Å²) >= 11 is 0. The van der Waals surface area contributed by atoms with Crippen LogP contribution in [0.25, 0.3) is 0 Å². The van der Waals surface area contributed by atoms with Crippen molar-refractivity contribution >= 4 is 17.7 Å². The molecule has 3 N–H and O–H groups in total. The minimum atomic E-state index is -1.16. The van der Waals surface area contributed by atoms with E-state index in [9.17, 15) is 19.5 Å². The van der Waals surface area contributed by atoms with Gasteiger partial charge in [0.2, 0.25) is 0 Å². The minimum Gasteiger partial charge on any atom is -0.480 e. The molecule has 2 rings (SSSR count). The molecule has 0 saturated heterocycles. The number of H-pyrrole nitrogens is 1. The number of Topliss-reactive ketones (excluding diaryl/α,β-unsaturated/α-hetero) is 1. The Bertz CT molecular complexity index is 611. The molecule has 1 aliphatic carbocycles. The summed E-state index contributed by atoms with van der Waals surface area (Å²) in [4.78, 5) is 38.4. The van der Waals surface area contributed by atoms with Crippen LogP contribution in [0.5, 0.6) is 0 Å². The molecule has 0 aliphatic heterocycles. The summed E-state index contributed by atoms with van der Waals surface area (Å²) in [6, 6.07) is 0. The predicted molar refractivity (Wildman–Crippen MR) is 76.6 cm³/mol. The lowest BCUT2D eigenvalue weighted by Crippen LogP contribution is -2.59. The first-order chi connectivity index (χ1) is 9.82. The van der Waals surface area contributed by atoms with Gasteiger partial charge in [-0.25, -0.2) is 4.79 Å². The van der Waals surface area contributed by atoms with Gasteiger partial charge in [0.1, 0.15) is 11.2 Å². The summed E-state index contributed by atoms with van der Waals surface area (Å²) in [7, 11) is 0. The van der Waals surface area contributed by atoms with Crippen LogP contribution in [0.1, 0.15) is 65.2 Å². The van der Waals surface area contributed by atoms with Gasteiger partial charge in [0, 0.05) is 11.3 Å². The lowest BCUT2D eigenvalue weighted by molar-refractivity contribution is -0.148. The van der Waals surface area contributed by atoms with E-state index in [1.165, 1.54) is 6.92 Å². The van der Waals surface area contributed by atoms with E-state index >= 15 is 0 Å². The monoisotopic (exact) mass is 292 g/mol. The summed E-state index contributed by atoms with van der Waals surface area (Å²) in [5, 5.41) is 11.9. The van der Waals surface area contributed by atoms with Crippen LogP contribution >= 0.6 is 0 Å². The van der Waals surface area contributed by atoms with Crippen LogP contribution in [-0.4, -0.2) is 33.3 Å². The summed E-state index contributed by atoms with van der Waals surface area (Å²) in [6.07, 6.45) is 2.20. The number of carbonyl (C=O) groups excluding carboxylic acids is 2. The van der Waals surface area contributed by atoms with Crippen molar-refractivity contribution in [2.45, 2.75) is 52.0 Å². The highest BCUT2D eigenvalue weighted by Gasteiger charge is 2.46. The van der Waals surface area contributed by atoms with Crippen LogP contribution in [0.4, 0.5) is 0 Å². The number of carbonyl (C=O) groups is 3. The Morgan fingerprint density at radius 2 is 1.95 bits per heavy atom. The zero-order valence-corrected chi connectivity index (χ0v) is 12.5. The van der Waals surface area contributed by atoms with Crippen molar-refractivity contribution in [3.63, 3.8) is 0 Å². The number of carboxylic acids is 1. The maximum absolute atomic E-state index is 12.4. The molecule has 0 radical (unpaired) electrons. The lowest BCUT2D eigenvalue weighted by Gasteiger charge is -2.38. The Balaban J connectivity index is 2.34. The van der Waals surface area contributed by atoms with Gasteiger partial charge in [-0.2, -0.15) is 0 Å². The van der Waals surface area contributed by atoms with Crippen molar-refractivity contribution in [3.8, 4) is 0 Å². The molecule has 1 fully saturated rings. The second-order valence-electron chi connectivity index (χ2n) is 5.58. The zero-order chi connectivity index (χ0) is 15.8. The molecule has 1 aromatic rings. The Labute approximate surface area is 122 Å². The largest absolute Gasteiger partial charge is 0.480 e. The quantitative estimate of drug-likeness (QED) is 0.721. The number of hydrogen-bond donors (Lipinski definition) is 3. The van der Waals surface area contributed by atoms with Crippen LogP contribution in [0.2, 0.25) is 0 Å². The molecule has 1 saturated carbocycles. The summed E-state index contributed by atoms with van der Waals surface area (Å²) in [6.45, 7) is 5.06. The molecule has 0 atom stereocenters. The average molecular weight is 292 g/mol. The van der Waals surface area contributed by atoms with Crippen LogP contribution in [-0.2, 0) is 11.2 Å². The van der Waals surface area contributed by atoms with Gasteiger partial charge >= 0.3 is 5.97 Å². The van der Waals surface area contributed by atoms with Crippen LogP contribution < -0.4 is 5.32 Å². The van der Waals surface area contributed by atoms with E-state index < -0.39 is 17.4 Å². The normalized spacial score (nSPS) is 16.1. The smallest absolute Gasteiger partial charge is 0.329 e. The number of ketones is 1. The third-order valence-corrected chi connectivity index (χ3v) is 4.19. The van der Waals surface area contributed by atoms with Crippen molar-refractivity contribution < 1.29 is 19.5 Å². The summed E-state index contributed by atoms with van der Waals surface area (Å²) in [5.41, 5.74) is 0.963. The highest BCUT2D eigenvalue weighted by atomic mass is 16.4. The molecule has 0 spiro atoms. The molecule has 6 nitrogen and oxygen atoms in total. The van der Waals surface area contributed by atoms with E-state index in [-0.39, 0.29) is 5.78 Å². The first kappa shape index (κ1) is 15.3. The molecule has 0 unspecified atom stereocenters. The maximum atomic E-state index is 12.4. The molecule has 1 amide bonds. The van der Waals surface area contributed by atoms with E-state index in [2.05, 4.69) is 10.3 Å². The van der Waals surface area contributed by atoms with Gasteiger partial charge in [-0.15, -0.1) is 0 Å². The van der Waals surface area contributed by atoms with Crippen LogP contribution in [0, 0.1) is 6.92 Å². The Morgan fingerprint density at radius 3 is 2.33 bits per heavy atom. The van der Waals surface area contributed by atoms with Crippen molar-refractivity contribution in [1.82, 2.24) is 10.3 Å². The van der Waals surface area contributed by atoms with E-state index in [4.69, 9.17) is 0 Å². The Kier molecular flexibility index (Phi) is 3.89. The molecular weight excluding hydrogens is 272 g/mol. The molecule has 1 aliphatic rings. The van der Waals surface area contributed by atoms with Gasteiger partial charge in [-0.05, 0) is 45.1 Å². The average Bonchev–Trinajstić information content (AvgIpc) is 2.69. The first-order valence-corrected chi connectivity index (χ1v) is 7.10. The van der Waals surface area contributed by atoms with Crippen molar-refractivity contribution in [1.29, 1.82) is 0 Å². The molecule has 6 heteroatoms. The number of rotatable bonds is 5. The SMILES string of the molecule is CCc1c(C(=O)NC2(C(=O)O)CCC2)[nH]c(C)c1C(C)=O. The number of nitrogens with one attached hydrogen (secondary N) is 2. The third kappa shape index (κ3) is 2.46. The van der Waals surface area contributed by atoms with E-state index in [1.54, 1.807) is 6.92 Å². The molecule has 1 aromatic heterocycles. The third-order valence-electron chi connectivity index (χ3n) is 4.19. The molecular formula is C15H20N2O4. The Morgan fingerprint density at radius 1 is 1.33 bits per heavy atom. The number of hydrogen-bond acceptors (Lipinski definition) is 3. The fraction of sp³-hybridized carbons (Fsp3) is 0.533. The maximum Gasteiger partial charge on any atom is 0.329 e. The van der Waals surface area contributed by atoms with Gasteiger partial charge in [0.15, 0.2) is 5.78 Å². The second-order valence-corrected chi connectivity index (χ2v) is 5.58. The molecule has 0 aromatic carbocycles. The van der Waals surface area contributed by atoms with E-state index in [1.807, 2.05) is 6.92 Å². The first-order valence-electron chi connectivity index (χ1n) is 7.10. The van der Waals surface area contributed by atoms with Crippen molar-refractivity contribution in [2.24, 2.45) is 0 Å². The number of aromatic amines is 1. The number of aliphatic carboxylic acids is 1. The van der Waals surface area contributed by atoms with Gasteiger partial charge < -0.3 is 15.4 Å². The summed E-state index contributed by atoms with van der Waals surface area (Å²) < 4.78 is 0. The van der Waals surface area contributed by atoms with Crippen molar-refractivity contribution in [2.75, 3.05) is 0 Å². The zero-order valence-electron chi connectivity index (χ0n) is 12.5. The molecule has 21 heavy (non-hydrogen) atoms. The summed E-state index contributed by atoms with van der Waals surface area (Å²) in [5.74, 6) is -1.56. The van der Waals surface area contributed by atoms with Gasteiger partial charge in [-0.3, -0.25) is 9.59 Å². The van der Waals surface area contributed by atoms with Crippen LogP contribution in [0.15, 0.2) is 0 Å². The predicted octanol–water partition coefficient (Wildman–Crippen LogP) is 1.83. The van der Waals surface area contributed by atoms with Crippen LogP contribution in [0.3, 0.4) is 0 Å². The van der Waals surface area contributed by atoms with Crippen molar-refractivity contribution in [3.05, 3.63) is 22.5 Å². The van der Waals surface area contributed by atoms with E-state index in [0.717, 1.165) is 6.42 Å². The lowest BCUT2D eigenvalue weighted by atomic mass is 9.76. The fourth-order valence-electron chi connectivity index (χ4n) is 2.90. The van der Waals surface area contributed by atoms with Gasteiger partial charge in [-0.1, -0.05) is 6.92 Å². The second kappa shape index (κ2) is 5.35. The number of aromatic nitrogens is 1. The minimum absolute atomic E-state index is 0.101. The van der Waals surface area contributed by atoms with Gasteiger partial charge in [0.05, 0.1) is 0 Å². The number of amides is 1.